The minimum atomic E-state index is -0.815. The number of aliphatic hydroxyl groups is 2. The molecule has 3 aliphatic rings. The van der Waals surface area contributed by atoms with Crippen molar-refractivity contribution >= 4 is 5.78 Å². The Morgan fingerprint density at radius 1 is 1.21 bits per heavy atom. The number of ether oxygens (including phenoxy) is 3. The third-order valence-electron chi connectivity index (χ3n) is 5.29. The highest BCUT2D eigenvalue weighted by Gasteiger charge is 2.51. The Morgan fingerprint density at radius 3 is 2.92 bits per heavy atom. The SMILES string of the molecule is O=C(CCC1OCc2ccccc2O1)[C@@H]1[C@H]2CC(O)O[C@H]2C[C@H]1O. The number of ketones is 1. The second-order valence-corrected chi connectivity index (χ2v) is 6.83. The molecule has 1 saturated carbocycles. The first kappa shape index (κ1) is 16.0. The van der Waals surface area contributed by atoms with E-state index in [1.54, 1.807) is 0 Å². The second-order valence-electron chi connectivity index (χ2n) is 6.83. The first-order chi connectivity index (χ1) is 11.6. The van der Waals surface area contributed by atoms with Crippen LogP contribution < -0.4 is 4.74 Å². The summed E-state index contributed by atoms with van der Waals surface area (Å²) in [4.78, 5) is 12.6. The lowest BCUT2D eigenvalue weighted by Gasteiger charge is -2.27. The van der Waals surface area contributed by atoms with Crippen LogP contribution in [0.15, 0.2) is 24.3 Å². The maximum Gasteiger partial charge on any atom is 0.200 e. The lowest BCUT2D eigenvalue weighted by molar-refractivity contribution is -0.134. The minimum Gasteiger partial charge on any atom is -0.465 e. The van der Waals surface area contributed by atoms with Crippen LogP contribution in [0.5, 0.6) is 5.75 Å². The molecule has 2 unspecified atom stereocenters. The van der Waals surface area contributed by atoms with E-state index < -0.39 is 24.6 Å². The van der Waals surface area contributed by atoms with Gasteiger partial charge in [0.2, 0.25) is 6.29 Å². The van der Waals surface area contributed by atoms with Gasteiger partial charge in [-0.25, -0.2) is 0 Å². The average molecular weight is 334 g/mol. The van der Waals surface area contributed by atoms with E-state index in [0.29, 0.717) is 25.9 Å². The van der Waals surface area contributed by atoms with Gasteiger partial charge in [-0.1, -0.05) is 18.2 Å². The molecule has 2 heterocycles. The number of Topliss-reactive ketones (excluding diaryl/α,β-unsaturated/α-hetero) is 1. The van der Waals surface area contributed by atoms with Crippen molar-refractivity contribution in [3.05, 3.63) is 29.8 Å². The molecule has 0 bridgehead atoms. The number of para-hydroxylation sites is 1. The normalized spacial score (nSPS) is 37.6. The zero-order chi connectivity index (χ0) is 16.7. The Kier molecular flexibility index (Phi) is 4.30. The molecule has 1 aromatic rings. The number of carbonyl (C=O) groups is 1. The predicted octanol–water partition coefficient (Wildman–Crippen LogP) is 1.38. The van der Waals surface area contributed by atoms with Gasteiger partial charge in [0.05, 0.1) is 18.8 Å². The van der Waals surface area contributed by atoms with Crippen LogP contribution in [0.3, 0.4) is 0 Å². The Labute approximate surface area is 140 Å². The van der Waals surface area contributed by atoms with Gasteiger partial charge in [-0.05, 0) is 6.07 Å². The standard InChI is InChI=1S/C18H22O6/c19-12(18-11-7-16(21)23-15(11)8-13(18)20)5-6-17-22-9-10-3-1-2-4-14(10)24-17/h1-4,11,13,15-18,20-21H,5-9H2/t11-,13+,15-,16?,17?,18-/m0/s1. The molecular formula is C18H22O6. The van der Waals surface area contributed by atoms with Gasteiger partial charge in [0.15, 0.2) is 6.29 Å². The fourth-order valence-electron chi connectivity index (χ4n) is 4.14. The molecule has 2 N–H and O–H groups in total. The molecule has 24 heavy (non-hydrogen) atoms. The molecule has 6 heteroatoms. The molecule has 1 aliphatic carbocycles. The third-order valence-corrected chi connectivity index (χ3v) is 5.29. The minimum absolute atomic E-state index is 0.00115. The molecular weight excluding hydrogens is 312 g/mol. The molecule has 6 nitrogen and oxygen atoms in total. The van der Waals surface area contributed by atoms with Gasteiger partial charge in [-0.2, -0.15) is 0 Å². The van der Waals surface area contributed by atoms with Crippen molar-refractivity contribution in [1.29, 1.82) is 0 Å². The molecule has 4 rings (SSSR count). The molecule has 2 fully saturated rings. The highest BCUT2D eigenvalue weighted by molar-refractivity contribution is 5.82. The molecule has 1 saturated heterocycles. The number of benzene rings is 1. The maximum atomic E-state index is 12.6. The van der Waals surface area contributed by atoms with Crippen LogP contribution in [0, 0.1) is 11.8 Å². The van der Waals surface area contributed by atoms with Gasteiger partial charge in [0.1, 0.15) is 11.5 Å². The van der Waals surface area contributed by atoms with Crippen molar-refractivity contribution in [1.82, 2.24) is 0 Å². The fraction of sp³-hybridized carbons (Fsp3) is 0.611. The summed E-state index contributed by atoms with van der Waals surface area (Å²) in [7, 11) is 0. The van der Waals surface area contributed by atoms with Crippen LogP contribution in [-0.4, -0.2) is 40.8 Å². The smallest absolute Gasteiger partial charge is 0.200 e. The predicted molar refractivity (Wildman–Crippen MR) is 83.0 cm³/mol. The zero-order valence-corrected chi connectivity index (χ0v) is 13.3. The molecule has 0 aromatic heterocycles. The van der Waals surface area contributed by atoms with Gasteiger partial charge >= 0.3 is 0 Å². The Bertz CT molecular complexity index is 617. The van der Waals surface area contributed by atoms with Crippen molar-refractivity contribution < 1.29 is 29.2 Å². The maximum absolute atomic E-state index is 12.6. The van der Waals surface area contributed by atoms with E-state index in [2.05, 4.69) is 0 Å². The number of fused-ring (bicyclic) bond motifs is 2. The summed E-state index contributed by atoms with van der Waals surface area (Å²) in [6.45, 7) is 0.478. The number of hydrogen-bond donors (Lipinski definition) is 2. The Balaban J connectivity index is 1.34. The van der Waals surface area contributed by atoms with E-state index in [1.165, 1.54) is 0 Å². The van der Waals surface area contributed by atoms with Crippen molar-refractivity contribution in [3.8, 4) is 5.75 Å². The third kappa shape index (κ3) is 2.95. The molecule has 0 radical (unpaired) electrons. The fourth-order valence-corrected chi connectivity index (χ4v) is 4.14. The van der Waals surface area contributed by atoms with E-state index in [-0.39, 0.29) is 24.2 Å². The van der Waals surface area contributed by atoms with Gasteiger partial charge in [-0.15, -0.1) is 0 Å². The summed E-state index contributed by atoms with van der Waals surface area (Å²) in [6.07, 6.45) is -0.575. The summed E-state index contributed by atoms with van der Waals surface area (Å²) >= 11 is 0. The summed E-state index contributed by atoms with van der Waals surface area (Å²) < 4.78 is 16.8. The van der Waals surface area contributed by atoms with Crippen LogP contribution in [0.1, 0.15) is 31.2 Å². The van der Waals surface area contributed by atoms with E-state index in [9.17, 15) is 15.0 Å². The largest absolute Gasteiger partial charge is 0.465 e. The van der Waals surface area contributed by atoms with E-state index in [1.807, 2.05) is 24.3 Å². The van der Waals surface area contributed by atoms with Crippen molar-refractivity contribution in [2.45, 2.75) is 57.1 Å². The molecule has 0 amide bonds. The van der Waals surface area contributed by atoms with Gasteiger partial charge in [-0.3, -0.25) is 4.79 Å². The summed E-state index contributed by atoms with van der Waals surface area (Å²) in [5.74, 6) is 0.257. The van der Waals surface area contributed by atoms with E-state index in [4.69, 9.17) is 14.2 Å². The lowest BCUT2D eigenvalue weighted by atomic mass is 9.86. The van der Waals surface area contributed by atoms with E-state index in [0.717, 1.165) is 11.3 Å². The van der Waals surface area contributed by atoms with Gasteiger partial charge in [0.25, 0.3) is 0 Å². The molecule has 130 valence electrons. The number of aliphatic hydroxyl groups excluding tert-OH is 2. The number of carbonyl (C=O) groups excluding carboxylic acids is 1. The number of hydrogen-bond acceptors (Lipinski definition) is 6. The average Bonchev–Trinajstić information content (AvgIpc) is 3.06. The Morgan fingerprint density at radius 2 is 2.04 bits per heavy atom. The molecule has 6 atom stereocenters. The van der Waals surface area contributed by atoms with E-state index >= 15 is 0 Å². The van der Waals surface area contributed by atoms with Crippen LogP contribution in [-0.2, 0) is 20.9 Å². The molecule has 2 aliphatic heterocycles. The lowest BCUT2D eigenvalue weighted by Crippen LogP contribution is -2.31. The van der Waals surface area contributed by atoms with Crippen molar-refractivity contribution in [2.24, 2.45) is 11.8 Å². The quantitative estimate of drug-likeness (QED) is 0.865. The highest BCUT2D eigenvalue weighted by atomic mass is 16.7. The summed E-state index contributed by atoms with van der Waals surface area (Å²) in [6, 6.07) is 7.70. The van der Waals surface area contributed by atoms with Crippen LogP contribution in [0.25, 0.3) is 0 Å². The van der Waals surface area contributed by atoms with Gasteiger partial charge in [0, 0.05) is 43.1 Å². The monoisotopic (exact) mass is 334 g/mol. The molecule has 1 aromatic carbocycles. The molecule has 0 spiro atoms. The first-order valence-electron chi connectivity index (χ1n) is 8.52. The van der Waals surface area contributed by atoms with Crippen LogP contribution in [0.4, 0.5) is 0 Å². The Hall–Kier alpha value is -1.47. The highest BCUT2D eigenvalue weighted by Crippen LogP contribution is 2.43. The topological polar surface area (TPSA) is 85.2 Å². The summed E-state index contributed by atoms with van der Waals surface area (Å²) in [5, 5.41) is 19.8. The van der Waals surface area contributed by atoms with Gasteiger partial charge < -0.3 is 24.4 Å². The zero-order valence-electron chi connectivity index (χ0n) is 13.3. The van der Waals surface area contributed by atoms with Crippen LogP contribution in [0.2, 0.25) is 0 Å². The second kappa shape index (κ2) is 6.44. The summed E-state index contributed by atoms with van der Waals surface area (Å²) in [5.41, 5.74) is 1.01. The first-order valence-corrected chi connectivity index (χ1v) is 8.52. The van der Waals surface area contributed by atoms with Crippen LogP contribution >= 0.6 is 0 Å². The van der Waals surface area contributed by atoms with Crippen molar-refractivity contribution in [2.75, 3.05) is 0 Å². The van der Waals surface area contributed by atoms with Crippen molar-refractivity contribution in [3.63, 3.8) is 0 Å². The number of rotatable bonds is 4.